The molecule has 0 amide bonds. The van der Waals surface area contributed by atoms with E-state index in [9.17, 15) is 4.39 Å². The molecular formula is C16H17BrFNO. The number of benzene rings is 2. The van der Waals surface area contributed by atoms with Gasteiger partial charge in [0.05, 0.1) is 7.11 Å². The fourth-order valence-corrected chi connectivity index (χ4v) is 2.65. The summed E-state index contributed by atoms with van der Waals surface area (Å²) in [6.45, 7) is 0. The summed E-state index contributed by atoms with van der Waals surface area (Å²) in [6.07, 6.45) is 0.696. The Morgan fingerprint density at radius 3 is 2.60 bits per heavy atom. The van der Waals surface area contributed by atoms with Crippen molar-refractivity contribution in [1.82, 2.24) is 5.32 Å². The maximum atomic E-state index is 14.3. The number of halogens is 2. The molecular weight excluding hydrogens is 321 g/mol. The molecule has 4 heteroatoms. The summed E-state index contributed by atoms with van der Waals surface area (Å²) in [5, 5.41) is 3.17. The molecule has 0 radical (unpaired) electrons. The molecule has 2 rings (SSSR count). The number of rotatable bonds is 5. The molecule has 1 unspecified atom stereocenters. The maximum absolute atomic E-state index is 14.3. The van der Waals surface area contributed by atoms with Crippen LogP contribution in [-0.2, 0) is 6.42 Å². The minimum Gasteiger partial charge on any atom is -0.494 e. The standard InChI is InChI=1S/C16H17BrFNO/c1-19-14(10-11-6-3-4-8-13(11)17)12-7-5-9-15(20-2)16(12)18/h3-9,14,19H,10H2,1-2H3. The van der Waals surface area contributed by atoms with E-state index in [1.807, 2.05) is 37.4 Å². The number of methoxy groups -OCH3 is 1. The lowest BCUT2D eigenvalue weighted by Crippen LogP contribution is -2.20. The second kappa shape index (κ2) is 6.86. The van der Waals surface area contributed by atoms with Gasteiger partial charge in [-0.15, -0.1) is 0 Å². The number of nitrogens with one attached hydrogen (secondary N) is 1. The zero-order valence-electron chi connectivity index (χ0n) is 11.5. The van der Waals surface area contributed by atoms with Crippen LogP contribution in [0.5, 0.6) is 5.75 Å². The number of hydrogen-bond donors (Lipinski definition) is 1. The van der Waals surface area contributed by atoms with Crippen molar-refractivity contribution in [2.75, 3.05) is 14.2 Å². The van der Waals surface area contributed by atoms with E-state index in [0.717, 1.165) is 10.0 Å². The molecule has 0 aliphatic carbocycles. The smallest absolute Gasteiger partial charge is 0.169 e. The first-order chi connectivity index (χ1) is 9.67. The first kappa shape index (κ1) is 15.0. The fraction of sp³-hybridized carbons (Fsp3) is 0.250. The van der Waals surface area contributed by atoms with Crippen LogP contribution < -0.4 is 10.1 Å². The van der Waals surface area contributed by atoms with Crippen molar-refractivity contribution in [3.8, 4) is 5.75 Å². The third kappa shape index (κ3) is 3.19. The summed E-state index contributed by atoms with van der Waals surface area (Å²) in [5.74, 6) is -0.0312. The van der Waals surface area contributed by atoms with Crippen LogP contribution in [0.2, 0.25) is 0 Å². The van der Waals surface area contributed by atoms with E-state index in [4.69, 9.17) is 4.74 Å². The highest BCUT2D eigenvalue weighted by molar-refractivity contribution is 9.10. The molecule has 0 bridgehead atoms. The summed E-state index contributed by atoms with van der Waals surface area (Å²) in [6, 6.07) is 13.1. The first-order valence-corrected chi connectivity index (χ1v) is 7.19. The molecule has 0 fully saturated rings. The van der Waals surface area contributed by atoms with Gasteiger partial charge in [-0.2, -0.15) is 0 Å². The van der Waals surface area contributed by atoms with Crippen LogP contribution in [0.4, 0.5) is 4.39 Å². The summed E-state index contributed by atoms with van der Waals surface area (Å²) in [4.78, 5) is 0. The third-order valence-corrected chi connectivity index (χ3v) is 4.09. The van der Waals surface area contributed by atoms with Gasteiger partial charge in [0.25, 0.3) is 0 Å². The molecule has 0 spiro atoms. The summed E-state index contributed by atoms with van der Waals surface area (Å²) in [5.41, 5.74) is 1.75. The molecule has 1 N–H and O–H groups in total. The predicted octanol–water partition coefficient (Wildman–Crippen LogP) is 4.10. The molecule has 20 heavy (non-hydrogen) atoms. The minimum atomic E-state index is -0.304. The molecule has 2 aromatic carbocycles. The van der Waals surface area contributed by atoms with E-state index in [1.54, 1.807) is 12.1 Å². The third-order valence-electron chi connectivity index (χ3n) is 3.32. The molecule has 2 nitrogen and oxygen atoms in total. The lowest BCUT2D eigenvalue weighted by atomic mass is 9.98. The molecule has 0 heterocycles. The van der Waals surface area contributed by atoms with Gasteiger partial charge in [0.2, 0.25) is 0 Å². The SMILES string of the molecule is CNC(Cc1ccccc1Br)c1cccc(OC)c1F. The van der Waals surface area contributed by atoms with Crippen molar-refractivity contribution >= 4 is 15.9 Å². The normalized spacial score (nSPS) is 12.2. The van der Waals surface area contributed by atoms with E-state index in [1.165, 1.54) is 7.11 Å². The quantitative estimate of drug-likeness (QED) is 0.886. The van der Waals surface area contributed by atoms with Gasteiger partial charge in [-0.1, -0.05) is 46.3 Å². The van der Waals surface area contributed by atoms with Crippen LogP contribution in [0.1, 0.15) is 17.2 Å². The highest BCUT2D eigenvalue weighted by Crippen LogP contribution is 2.28. The Morgan fingerprint density at radius 2 is 1.95 bits per heavy atom. The van der Waals surface area contributed by atoms with Crippen molar-refractivity contribution in [2.24, 2.45) is 0 Å². The Bertz CT molecular complexity index is 588. The maximum Gasteiger partial charge on any atom is 0.169 e. The minimum absolute atomic E-state index is 0.108. The predicted molar refractivity (Wildman–Crippen MR) is 82.6 cm³/mol. The Kier molecular flexibility index (Phi) is 5.15. The van der Waals surface area contributed by atoms with E-state index < -0.39 is 0 Å². The summed E-state index contributed by atoms with van der Waals surface area (Å²) >= 11 is 3.53. The summed E-state index contributed by atoms with van der Waals surface area (Å²) < 4.78 is 20.4. The van der Waals surface area contributed by atoms with Crippen molar-refractivity contribution in [1.29, 1.82) is 0 Å². The van der Waals surface area contributed by atoms with Crippen LogP contribution in [-0.4, -0.2) is 14.2 Å². The Balaban J connectivity index is 2.32. The fourth-order valence-electron chi connectivity index (χ4n) is 2.21. The Hall–Kier alpha value is -1.39. The molecule has 0 saturated heterocycles. The second-order valence-electron chi connectivity index (χ2n) is 4.50. The van der Waals surface area contributed by atoms with Gasteiger partial charge in [0.15, 0.2) is 11.6 Å². The largest absolute Gasteiger partial charge is 0.494 e. The Morgan fingerprint density at radius 1 is 1.20 bits per heavy atom. The second-order valence-corrected chi connectivity index (χ2v) is 5.35. The Labute approximate surface area is 127 Å². The van der Waals surface area contributed by atoms with Crippen LogP contribution in [0.15, 0.2) is 46.9 Å². The summed E-state index contributed by atoms with van der Waals surface area (Å²) in [7, 11) is 3.31. The number of hydrogen-bond acceptors (Lipinski definition) is 2. The van der Waals surface area contributed by atoms with Crippen LogP contribution >= 0.6 is 15.9 Å². The molecule has 1 atom stereocenters. The van der Waals surface area contributed by atoms with Gasteiger partial charge in [-0.25, -0.2) is 4.39 Å². The molecule has 0 aromatic heterocycles. The molecule has 0 aliphatic heterocycles. The molecule has 106 valence electrons. The van der Waals surface area contributed by atoms with E-state index in [2.05, 4.69) is 21.2 Å². The zero-order chi connectivity index (χ0) is 14.5. The average molecular weight is 338 g/mol. The van der Waals surface area contributed by atoms with Gasteiger partial charge in [0, 0.05) is 16.1 Å². The van der Waals surface area contributed by atoms with Crippen molar-refractivity contribution in [3.63, 3.8) is 0 Å². The van der Waals surface area contributed by atoms with Crippen molar-refractivity contribution in [2.45, 2.75) is 12.5 Å². The van der Waals surface area contributed by atoms with E-state index >= 15 is 0 Å². The van der Waals surface area contributed by atoms with Gasteiger partial charge in [0.1, 0.15) is 0 Å². The van der Waals surface area contributed by atoms with E-state index in [0.29, 0.717) is 12.0 Å². The van der Waals surface area contributed by atoms with Gasteiger partial charge < -0.3 is 10.1 Å². The molecule has 0 saturated carbocycles. The molecule has 0 aliphatic rings. The van der Waals surface area contributed by atoms with Gasteiger partial charge in [-0.3, -0.25) is 0 Å². The van der Waals surface area contributed by atoms with Crippen molar-refractivity contribution < 1.29 is 9.13 Å². The van der Waals surface area contributed by atoms with Crippen LogP contribution in [0, 0.1) is 5.82 Å². The number of likely N-dealkylation sites (N-methyl/N-ethyl adjacent to an activating group) is 1. The van der Waals surface area contributed by atoms with Crippen molar-refractivity contribution in [3.05, 3.63) is 63.9 Å². The molecule has 2 aromatic rings. The van der Waals surface area contributed by atoms with Crippen LogP contribution in [0.25, 0.3) is 0 Å². The topological polar surface area (TPSA) is 21.3 Å². The van der Waals surface area contributed by atoms with Gasteiger partial charge in [-0.05, 0) is 31.2 Å². The highest BCUT2D eigenvalue weighted by atomic mass is 79.9. The van der Waals surface area contributed by atoms with Crippen LogP contribution in [0.3, 0.4) is 0 Å². The average Bonchev–Trinajstić information content (AvgIpc) is 2.47. The number of ether oxygens (including phenoxy) is 1. The lowest BCUT2D eigenvalue weighted by Gasteiger charge is -2.19. The monoisotopic (exact) mass is 337 g/mol. The first-order valence-electron chi connectivity index (χ1n) is 6.40. The lowest BCUT2D eigenvalue weighted by molar-refractivity contribution is 0.380. The highest BCUT2D eigenvalue weighted by Gasteiger charge is 2.18. The van der Waals surface area contributed by atoms with E-state index in [-0.39, 0.29) is 17.6 Å². The van der Waals surface area contributed by atoms with Gasteiger partial charge >= 0.3 is 0 Å². The zero-order valence-corrected chi connectivity index (χ0v) is 13.1.